The number of aliphatic hydroxyl groups excluding tert-OH is 1. The molecule has 0 spiro atoms. The van der Waals surface area contributed by atoms with Gasteiger partial charge in [0.25, 0.3) is 0 Å². The molecule has 0 aromatic heterocycles. The maximum absolute atomic E-state index is 13.6. The first kappa shape index (κ1) is 13.1. The van der Waals surface area contributed by atoms with E-state index in [2.05, 4.69) is 0 Å². The first-order valence-corrected chi connectivity index (χ1v) is 5.20. The molecule has 1 rings (SSSR count). The summed E-state index contributed by atoms with van der Waals surface area (Å²) >= 11 is 0. The van der Waals surface area contributed by atoms with Crippen molar-refractivity contribution in [1.29, 1.82) is 0 Å². The van der Waals surface area contributed by atoms with Crippen LogP contribution in [-0.2, 0) is 0 Å². The number of hydrogen-bond donors (Lipinski definition) is 1. The van der Waals surface area contributed by atoms with Gasteiger partial charge in [0.15, 0.2) is 11.6 Å². The molecule has 0 saturated heterocycles. The predicted molar refractivity (Wildman–Crippen MR) is 59.0 cm³/mol. The first-order valence-electron chi connectivity index (χ1n) is 5.20. The molecular formula is C12H17F2NO. The molecule has 4 heteroatoms. The topological polar surface area (TPSA) is 23.5 Å². The van der Waals surface area contributed by atoms with Crippen molar-refractivity contribution in [2.24, 2.45) is 5.92 Å². The molecule has 2 atom stereocenters. The molecule has 0 radical (unpaired) electrons. The smallest absolute Gasteiger partial charge is 0.163 e. The van der Waals surface area contributed by atoms with Crippen LogP contribution in [0.2, 0.25) is 0 Å². The average Bonchev–Trinajstić information content (AvgIpc) is 2.24. The van der Waals surface area contributed by atoms with Gasteiger partial charge in [-0.15, -0.1) is 0 Å². The van der Waals surface area contributed by atoms with Crippen LogP contribution in [0.4, 0.5) is 8.78 Å². The lowest BCUT2D eigenvalue weighted by Crippen LogP contribution is -2.29. The Bertz CT molecular complexity index is 355. The van der Waals surface area contributed by atoms with Crippen molar-refractivity contribution in [2.45, 2.75) is 13.0 Å². The van der Waals surface area contributed by atoms with Gasteiger partial charge in [-0.3, -0.25) is 0 Å². The van der Waals surface area contributed by atoms with E-state index in [1.165, 1.54) is 6.07 Å². The van der Waals surface area contributed by atoms with Crippen molar-refractivity contribution in [1.82, 2.24) is 4.90 Å². The molecule has 90 valence electrons. The molecule has 0 aliphatic carbocycles. The largest absolute Gasteiger partial charge is 0.396 e. The monoisotopic (exact) mass is 229 g/mol. The molecule has 16 heavy (non-hydrogen) atoms. The summed E-state index contributed by atoms with van der Waals surface area (Å²) < 4.78 is 26.7. The van der Waals surface area contributed by atoms with Crippen LogP contribution in [-0.4, -0.2) is 30.7 Å². The van der Waals surface area contributed by atoms with Crippen molar-refractivity contribution in [3.63, 3.8) is 0 Å². The number of rotatable bonds is 4. The molecule has 0 fully saturated rings. The van der Waals surface area contributed by atoms with Crippen molar-refractivity contribution in [3.8, 4) is 0 Å². The minimum absolute atomic E-state index is 0.0706. The van der Waals surface area contributed by atoms with E-state index in [9.17, 15) is 8.78 Å². The van der Waals surface area contributed by atoms with Crippen LogP contribution in [0.15, 0.2) is 18.2 Å². The average molecular weight is 229 g/mol. The molecule has 1 N–H and O–H groups in total. The summed E-state index contributed by atoms with van der Waals surface area (Å²) in [7, 11) is 3.56. The van der Waals surface area contributed by atoms with Gasteiger partial charge in [-0.2, -0.15) is 0 Å². The Hall–Kier alpha value is -1.00. The third kappa shape index (κ3) is 2.57. The Kier molecular flexibility index (Phi) is 4.38. The molecule has 2 nitrogen and oxygen atoms in total. The van der Waals surface area contributed by atoms with E-state index < -0.39 is 11.6 Å². The van der Waals surface area contributed by atoms with E-state index in [1.54, 1.807) is 32.0 Å². The van der Waals surface area contributed by atoms with Crippen LogP contribution in [0, 0.1) is 17.6 Å². The zero-order valence-corrected chi connectivity index (χ0v) is 9.74. The normalized spacial score (nSPS) is 15.2. The number of halogens is 2. The Morgan fingerprint density at radius 2 is 1.94 bits per heavy atom. The second kappa shape index (κ2) is 5.37. The number of hydrogen-bond acceptors (Lipinski definition) is 2. The van der Waals surface area contributed by atoms with E-state index in [0.29, 0.717) is 0 Å². The molecule has 0 bridgehead atoms. The van der Waals surface area contributed by atoms with Gasteiger partial charge in [-0.25, -0.2) is 8.78 Å². The fraction of sp³-hybridized carbons (Fsp3) is 0.500. The van der Waals surface area contributed by atoms with Crippen LogP contribution in [0.3, 0.4) is 0 Å². The number of aliphatic hydroxyl groups is 1. The molecule has 0 amide bonds. The Morgan fingerprint density at radius 3 is 2.44 bits per heavy atom. The second-order valence-corrected chi connectivity index (χ2v) is 4.21. The van der Waals surface area contributed by atoms with Gasteiger partial charge in [0, 0.05) is 18.2 Å². The predicted octanol–water partition coefficient (Wildman–Crippen LogP) is 2.20. The van der Waals surface area contributed by atoms with Crippen molar-refractivity contribution >= 4 is 0 Å². The minimum Gasteiger partial charge on any atom is -0.396 e. The SMILES string of the molecule is CC(CO)C(c1cccc(F)c1F)N(C)C. The molecule has 0 saturated carbocycles. The van der Waals surface area contributed by atoms with E-state index >= 15 is 0 Å². The molecule has 0 aliphatic heterocycles. The first-order chi connectivity index (χ1) is 7.49. The van der Waals surface area contributed by atoms with Gasteiger partial charge in [-0.1, -0.05) is 19.1 Å². The summed E-state index contributed by atoms with van der Waals surface area (Å²) in [6.07, 6.45) is 0. The highest BCUT2D eigenvalue weighted by Gasteiger charge is 2.25. The highest BCUT2D eigenvalue weighted by atomic mass is 19.2. The minimum atomic E-state index is -0.852. The van der Waals surface area contributed by atoms with Crippen LogP contribution >= 0.6 is 0 Å². The van der Waals surface area contributed by atoms with E-state index in [0.717, 1.165) is 6.07 Å². The third-order valence-electron chi connectivity index (χ3n) is 2.68. The summed E-state index contributed by atoms with van der Waals surface area (Å²) in [6, 6.07) is 3.79. The Morgan fingerprint density at radius 1 is 1.31 bits per heavy atom. The van der Waals surface area contributed by atoms with Gasteiger partial charge >= 0.3 is 0 Å². The zero-order valence-electron chi connectivity index (χ0n) is 9.74. The summed E-state index contributed by atoms with van der Waals surface area (Å²) in [5.41, 5.74) is 0.284. The van der Waals surface area contributed by atoms with Crippen LogP contribution in [0.25, 0.3) is 0 Å². The summed E-state index contributed by atoms with van der Waals surface area (Å²) in [6.45, 7) is 1.73. The van der Waals surface area contributed by atoms with Gasteiger partial charge in [0.05, 0.1) is 0 Å². The lowest BCUT2D eigenvalue weighted by molar-refractivity contribution is 0.142. The molecular weight excluding hydrogens is 212 g/mol. The lowest BCUT2D eigenvalue weighted by atomic mass is 9.93. The van der Waals surface area contributed by atoms with Crippen molar-refractivity contribution < 1.29 is 13.9 Å². The third-order valence-corrected chi connectivity index (χ3v) is 2.68. The second-order valence-electron chi connectivity index (χ2n) is 4.21. The van der Waals surface area contributed by atoms with Gasteiger partial charge in [0.2, 0.25) is 0 Å². The molecule has 0 heterocycles. The van der Waals surface area contributed by atoms with Crippen molar-refractivity contribution in [2.75, 3.05) is 20.7 Å². The molecule has 2 unspecified atom stereocenters. The Balaban J connectivity index is 3.16. The van der Waals surface area contributed by atoms with Gasteiger partial charge in [-0.05, 0) is 26.1 Å². The van der Waals surface area contributed by atoms with E-state index in [-0.39, 0.29) is 24.1 Å². The molecule has 1 aromatic rings. The summed E-state index contributed by atoms with van der Waals surface area (Å²) in [5, 5.41) is 9.13. The zero-order chi connectivity index (χ0) is 12.3. The highest BCUT2D eigenvalue weighted by Crippen LogP contribution is 2.29. The van der Waals surface area contributed by atoms with Crippen LogP contribution < -0.4 is 0 Å². The molecule has 0 aliphatic rings. The number of benzene rings is 1. The van der Waals surface area contributed by atoms with Crippen LogP contribution in [0.5, 0.6) is 0 Å². The highest BCUT2D eigenvalue weighted by molar-refractivity contribution is 5.23. The molecule has 1 aromatic carbocycles. The van der Waals surface area contributed by atoms with Gasteiger partial charge in [0.1, 0.15) is 0 Å². The van der Waals surface area contributed by atoms with Gasteiger partial charge < -0.3 is 10.0 Å². The van der Waals surface area contributed by atoms with Crippen LogP contribution in [0.1, 0.15) is 18.5 Å². The summed E-state index contributed by atoms with van der Waals surface area (Å²) in [5.74, 6) is -1.85. The fourth-order valence-electron chi connectivity index (χ4n) is 1.94. The quantitative estimate of drug-likeness (QED) is 0.855. The maximum Gasteiger partial charge on any atom is 0.163 e. The maximum atomic E-state index is 13.6. The standard InChI is InChI=1S/C12H17F2NO/c1-8(7-16)12(15(2)3)9-5-4-6-10(13)11(9)14/h4-6,8,12,16H,7H2,1-3H3. The van der Waals surface area contributed by atoms with E-state index in [1.807, 2.05) is 0 Å². The Labute approximate surface area is 94.5 Å². The van der Waals surface area contributed by atoms with Crippen molar-refractivity contribution in [3.05, 3.63) is 35.4 Å². The van der Waals surface area contributed by atoms with E-state index in [4.69, 9.17) is 5.11 Å². The number of nitrogens with zero attached hydrogens (tertiary/aromatic N) is 1. The lowest BCUT2D eigenvalue weighted by Gasteiger charge is -2.29. The summed E-state index contributed by atoms with van der Waals surface area (Å²) in [4.78, 5) is 1.78. The fourth-order valence-corrected chi connectivity index (χ4v) is 1.94.